The minimum Gasteiger partial charge on any atom is -0.326 e. The first kappa shape index (κ1) is 9.27. The molecule has 1 heteroatoms. The molecule has 66 valence electrons. The fourth-order valence-electron chi connectivity index (χ4n) is 1.43. The third-order valence-corrected chi connectivity index (χ3v) is 2.28. The number of hydrogen-bond donors (Lipinski definition) is 1. The Hall–Kier alpha value is -0.820. The summed E-state index contributed by atoms with van der Waals surface area (Å²) in [6.45, 7) is 5.00. The van der Waals surface area contributed by atoms with Crippen LogP contribution in [-0.2, 0) is 19.4 Å². The maximum atomic E-state index is 5.65. The molecule has 0 aromatic heterocycles. The van der Waals surface area contributed by atoms with Crippen molar-refractivity contribution in [3.05, 3.63) is 34.9 Å². The minimum atomic E-state index is 0.664. The highest BCUT2D eigenvalue weighted by atomic mass is 14.5. The average molecular weight is 163 g/mol. The molecular weight excluding hydrogens is 146 g/mol. The summed E-state index contributed by atoms with van der Waals surface area (Å²) in [5, 5.41) is 0. The fourth-order valence-corrected chi connectivity index (χ4v) is 1.43. The van der Waals surface area contributed by atoms with Crippen LogP contribution in [0.4, 0.5) is 0 Å². The van der Waals surface area contributed by atoms with Crippen LogP contribution in [0.2, 0.25) is 0 Å². The molecule has 0 bridgehead atoms. The maximum absolute atomic E-state index is 5.65. The predicted molar refractivity (Wildman–Crippen MR) is 53.1 cm³/mol. The van der Waals surface area contributed by atoms with Gasteiger partial charge in [0, 0.05) is 6.54 Å². The van der Waals surface area contributed by atoms with Crippen molar-refractivity contribution in [1.29, 1.82) is 0 Å². The van der Waals surface area contributed by atoms with Crippen LogP contribution in [0.15, 0.2) is 18.2 Å². The first-order valence-corrected chi connectivity index (χ1v) is 4.62. The molecular formula is C11H17N. The second kappa shape index (κ2) is 4.27. The van der Waals surface area contributed by atoms with Crippen LogP contribution >= 0.6 is 0 Å². The van der Waals surface area contributed by atoms with Crippen molar-refractivity contribution in [3.8, 4) is 0 Å². The van der Waals surface area contributed by atoms with E-state index < -0.39 is 0 Å². The van der Waals surface area contributed by atoms with Gasteiger partial charge in [0.15, 0.2) is 0 Å². The summed E-state index contributed by atoms with van der Waals surface area (Å²) in [6, 6.07) is 6.61. The molecule has 0 amide bonds. The zero-order chi connectivity index (χ0) is 8.97. The third-order valence-electron chi connectivity index (χ3n) is 2.28. The van der Waals surface area contributed by atoms with Gasteiger partial charge in [-0.2, -0.15) is 0 Å². The van der Waals surface area contributed by atoms with E-state index in [0.29, 0.717) is 6.54 Å². The van der Waals surface area contributed by atoms with Crippen LogP contribution in [0.1, 0.15) is 30.5 Å². The predicted octanol–water partition coefficient (Wildman–Crippen LogP) is 2.27. The van der Waals surface area contributed by atoms with Crippen LogP contribution in [0.5, 0.6) is 0 Å². The molecule has 0 heterocycles. The molecule has 1 aromatic carbocycles. The standard InChI is InChI=1S/C11H17N/c1-3-9-5-6-10(4-2)11(7-9)8-12/h5-7H,3-4,8,12H2,1-2H3. The van der Waals surface area contributed by atoms with Gasteiger partial charge in [-0.15, -0.1) is 0 Å². The Morgan fingerprint density at radius 2 is 1.83 bits per heavy atom. The van der Waals surface area contributed by atoms with E-state index in [0.717, 1.165) is 12.8 Å². The number of hydrogen-bond acceptors (Lipinski definition) is 1. The molecule has 0 atom stereocenters. The third kappa shape index (κ3) is 1.86. The second-order valence-corrected chi connectivity index (χ2v) is 3.01. The van der Waals surface area contributed by atoms with Crippen molar-refractivity contribution in [2.45, 2.75) is 33.2 Å². The van der Waals surface area contributed by atoms with Crippen molar-refractivity contribution in [2.24, 2.45) is 5.73 Å². The Labute approximate surface area is 74.6 Å². The largest absolute Gasteiger partial charge is 0.326 e. The normalized spacial score (nSPS) is 10.2. The van der Waals surface area contributed by atoms with Gasteiger partial charge in [-0.25, -0.2) is 0 Å². The van der Waals surface area contributed by atoms with E-state index in [2.05, 4.69) is 32.0 Å². The van der Waals surface area contributed by atoms with E-state index in [1.165, 1.54) is 16.7 Å². The van der Waals surface area contributed by atoms with Crippen molar-refractivity contribution in [2.75, 3.05) is 0 Å². The smallest absolute Gasteiger partial charge is 0.0180 e. The first-order valence-electron chi connectivity index (χ1n) is 4.62. The Kier molecular flexibility index (Phi) is 3.30. The topological polar surface area (TPSA) is 26.0 Å². The van der Waals surface area contributed by atoms with Gasteiger partial charge in [-0.05, 0) is 29.5 Å². The van der Waals surface area contributed by atoms with E-state index in [1.54, 1.807) is 0 Å². The summed E-state index contributed by atoms with van der Waals surface area (Å²) in [4.78, 5) is 0. The highest BCUT2D eigenvalue weighted by Crippen LogP contribution is 2.12. The zero-order valence-corrected chi connectivity index (χ0v) is 7.93. The fraction of sp³-hybridized carbons (Fsp3) is 0.455. The molecule has 0 aliphatic carbocycles. The van der Waals surface area contributed by atoms with E-state index in [9.17, 15) is 0 Å². The Bertz CT molecular complexity index is 253. The summed E-state index contributed by atoms with van der Waals surface area (Å²) in [7, 11) is 0. The van der Waals surface area contributed by atoms with Crippen molar-refractivity contribution in [1.82, 2.24) is 0 Å². The van der Waals surface area contributed by atoms with Gasteiger partial charge in [0.2, 0.25) is 0 Å². The summed E-state index contributed by atoms with van der Waals surface area (Å²) >= 11 is 0. The summed E-state index contributed by atoms with van der Waals surface area (Å²) in [5.41, 5.74) is 9.72. The van der Waals surface area contributed by atoms with Gasteiger partial charge in [-0.1, -0.05) is 32.0 Å². The van der Waals surface area contributed by atoms with E-state index in [-0.39, 0.29) is 0 Å². The lowest BCUT2D eigenvalue weighted by atomic mass is 10.0. The molecule has 1 nitrogen and oxygen atoms in total. The molecule has 12 heavy (non-hydrogen) atoms. The van der Waals surface area contributed by atoms with Crippen molar-refractivity contribution >= 4 is 0 Å². The summed E-state index contributed by atoms with van der Waals surface area (Å²) in [5.74, 6) is 0. The number of benzene rings is 1. The Morgan fingerprint density at radius 3 is 2.33 bits per heavy atom. The molecule has 1 rings (SSSR count). The maximum Gasteiger partial charge on any atom is 0.0180 e. The van der Waals surface area contributed by atoms with Crippen molar-refractivity contribution in [3.63, 3.8) is 0 Å². The lowest BCUT2D eigenvalue weighted by Gasteiger charge is -2.06. The van der Waals surface area contributed by atoms with E-state index in [1.807, 2.05) is 0 Å². The molecule has 0 spiro atoms. The average Bonchev–Trinajstić information content (AvgIpc) is 2.16. The molecule has 1 aromatic rings. The first-order chi connectivity index (χ1) is 5.81. The van der Waals surface area contributed by atoms with Gasteiger partial charge in [0.25, 0.3) is 0 Å². The van der Waals surface area contributed by atoms with Crippen molar-refractivity contribution < 1.29 is 0 Å². The summed E-state index contributed by atoms with van der Waals surface area (Å²) in [6.07, 6.45) is 2.17. The molecule has 0 radical (unpaired) electrons. The van der Waals surface area contributed by atoms with Crippen LogP contribution in [0.25, 0.3) is 0 Å². The lowest BCUT2D eigenvalue weighted by Crippen LogP contribution is -2.01. The highest BCUT2D eigenvalue weighted by Gasteiger charge is 1.98. The minimum absolute atomic E-state index is 0.664. The van der Waals surface area contributed by atoms with Gasteiger partial charge >= 0.3 is 0 Å². The highest BCUT2D eigenvalue weighted by molar-refractivity contribution is 5.31. The monoisotopic (exact) mass is 163 g/mol. The van der Waals surface area contributed by atoms with Crippen LogP contribution < -0.4 is 5.73 Å². The second-order valence-electron chi connectivity index (χ2n) is 3.01. The number of nitrogens with two attached hydrogens (primary N) is 1. The molecule has 0 saturated carbocycles. The van der Waals surface area contributed by atoms with Crippen LogP contribution in [0, 0.1) is 0 Å². The zero-order valence-electron chi connectivity index (χ0n) is 7.93. The molecule has 0 fully saturated rings. The molecule has 2 N–H and O–H groups in total. The Morgan fingerprint density at radius 1 is 1.08 bits per heavy atom. The molecule has 0 unspecified atom stereocenters. The Balaban J connectivity index is 3.02. The van der Waals surface area contributed by atoms with Crippen LogP contribution in [-0.4, -0.2) is 0 Å². The van der Waals surface area contributed by atoms with E-state index in [4.69, 9.17) is 5.73 Å². The van der Waals surface area contributed by atoms with Gasteiger partial charge in [0.05, 0.1) is 0 Å². The lowest BCUT2D eigenvalue weighted by molar-refractivity contribution is 0.987. The number of rotatable bonds is 3. The summed E-state index contributed by atoms with van der Waals surface area (Å²) < 4.78 is 0. The van der Waals surface area contributed by atoms with E-state index >= 15 is 0 Å². The van der Waals surface area contributed by atoms with Gasteiger partial charge in [0.1, 0.15) is 0 Å². The van der Waals surface area contributed by atoms with Gasteiger partial charge in [-0.3, -0.25) is 0 Å². The van der Waals surface area contributed by atoms with Crippen LogP contribution in [0.3, 0.4) is 0 Å². The number of aryl methyl sites for hydroxylation is 2. The van der Waals surface area contributed by atoms with Gasteiger partial charge < -0.3 is 5.73 Å². The SMILES string of the molecule is CCc1ccc(CC)c(CN)c1. The molecule has 0 aliphatic heterocycles. The molecule has 0 aliphatic rings. The molecule has 0 saturated heterocycles. The quantitative estimate of drug-likeness (QED) is 0.726.